The molecule has 1 aromatic carbocycles. The summed E-state index contributed by atoms with van der Waals surface area (Å²) in [6.45, 7) is 2.71. The molecule has 1 aromatic rings. The van der Waals surface area contributed by atoms with Crippen LogP contribution in [0.15, 0.2) is 29.2 Å². The molecule has 120 valence electrons. The Morgan fingerprint density at radius 1 is 1.32 bits per heavy atom. The van der Waals surface area contributed by atoms with E-state index < -0.39 is 0 Å². The molecule has 0 bridgehead atoms. The second kappa shape index (κ2) is 7.44. The molecule has 6 heteroatoms. The van der Waals surface area contributed by atoms with Crippen LogP contribution in [0.2, 0.25) is 0 Å². The van der Waals surface area contributed by atoms with Crippen LogP contribution in [0.1, 0.15) is 12.8 Å². The number of halogens is 1. The molecule has 0 aliphatic carbocycles. The van der Waals surface area contributed by atoms with Crippen LogP contribution in [-0.4, -0.2) is 49.2 Å². The SMILES string of the molecule is O=C(CSc1ccccc1F)N1CCCC(C2OCCO2)C1. The van der Waals surface area contributed by atoms with E-state index in [9.17, 15) is 9.18 Å². The van der Waals surface area contributed by atoms with Crippen molar-refractivity contribution in [2.45, 2.75) is 24.0 Å². The van der Waals surface area contributed by atoms with Crippen molar-refractivity contribution in [2.75, 3.05) is 32.1 Å². The lowest BCUT2D eigenvalue weighted by Crippen LogP contribution is -2.44. The summed E-state index contributed by atoms with van der Waals surface area (Å²) in [6, 6.07) is 6.55. The topological polar surface area (TPSA) is 38.8 Å². The number of nitrogens with zero attached hydrogens (tertiary/aromatic N) is 1. The maximum absolute atomic E-state index is 13.6. The van der Waals surface area contributed by atoms with E-state index in [4.69, 9.17) is 9.47 Å². The Balaban J connectivity index is 1.52. The maximum Gasteiger partial charge on any atom is 0.232 e. The fourth-order valence-electron chi connectivity index (χ4n) is 2.90. The average molecular weight is 325 g/mol. The quantitative estimate of drug-likeness (QED) is 0.798. The van der Waals surface area contributed by atoms with E-state index >= 15 is 0 Å². The lowest BCUT2D eigenvalue weighted by atomic mass is 9.97. The molecular weight excluding hydrogens is 305 g/mol. The zero-order valence-electron chi connectivity index (χ0n) is 12.4. The fraction of sp³-hybridized carbons (Fsp3) is 0.562. The Kier molecular flexibility index (Phi) is 5.33. The lowest BCUT2D eigenvalue weighted by molar-refractivity contribution is -0.136. The molecule has 2 fully saturated rings. The molecule has 2 heterocycles. The average Bonchev–Trinajstić information content (AvgIpc) is 3.08. The molecule has 2 saturated heterocycles. The molecule has 0 N–H and O–H groups in total. The first-order chi connectivity index (χ1) is 10.7. The van der Waals surface area contributed by atoms with Crippen molar-refractivity contribution in [1.29, 1.82) is 0 Å². The van der Waals surface area contributed by atoms with Gasteiger partial charge in [-0.15, -0.1) is 11.8 Å². The van der Waals surface area contributed by atoms with E-state index in [2.05, 4.69) is 0 Å². The van der Waals surface area contributed by atoms with Gasteiger partial charge in [0.1, 0.15) is 5.82 Å². The number of carbonyl (C=O) groups excluding carboxylic acids is 1. The summed E-state index contributed by atoms with van der Waals surface area (Å²) in [6.07, 6.45) is 1.81. The highest BCUT2D eigenvalue weighted by Crippen LogP contribution is 2.26. The number of piperidine rings is 1. The summed E-state index contributed by atoms with van der Waals surface area (Å²) in [5.41, 5.74) is 0. The van der Waals surface area contributed by atoms with Gasteiger partial charge < -0.3 is 14.4 Å². The number of benzene rings is 1. The summed E-state index contributed by atoms with van der Waals surface area (Å²) < 4.78 is 24.7. The molecule has 4 nitrogen and oxygen atoms in total. The van der Waals surface area contributed by atoms with E-state index in [0.717, 1.165) is 19.4 Å². The second-order valence-corrected chi connectivity index (χ2v) is 6.59. The number of hydrogen-bond donors (Lipinski definition) is 0. The van der Waals surface area contributed by atoms with Gasteiger partial charge in [0.25, 0.3) is 0 Å². The minimum absolute atomic E-state index is 0.0518. The van der Waals surface area contributed by atoms with Gasteiger partial charge in [0.15, 0.2) is 6.29 Å². The molecule has 0 radical (unpaired) electrons. The predicted octanol–water partition coefficient (Wildman–Crippen LogP) is 2.53. The van der Waals surface area contributed by atoms with Gasteiger partial charge in [-0.05, 0) is 25.0 Å². The van der Waals surface area contributed by atoms with Crippen molar-refractivity contribution in [2.24, 2.45) is 5.92 Å². The van der Waals surface area contributed by atoms with Crippen molar-refractivity contribution in [3.63, 3.8) is 0 Å². The first-order valence-electron chi connectivity index (χ1n) is 7.62. The number of likely N-dealkylation sites (tertiary alicyclic amines) is 1. The van der Waals surface area contributed by atoms with Gasteiger partial charge in [-0.2, -0.15) is 0 Å². The van der Waals surface area contributed by atoms with Gasteiger partial charge in [-0.1, -0.05) is 12.1 Å². The maximum atomic E-state index is 13.6. The highest BCUT2D eigenvalue weighted by Gasteiger charge is 2.32. The normalized spacial score (nSPS) is 23.0. The Labute approximate surface area is 134 Å². The molecule has 0 spiro atoms. The van der Waals surface area contributed by atoms with Crippen molar-refractivity contribution in [1.82, 2.24) is 4.90 Å². The number of thioether (sulfide) groups is 1. The highest BCUT2D eigenvalue weighted by atomic mass is 32.2. The van der Waals surface area contributed by atoms with Crippen molar-refractivity contribution < 1.29 is 18.7 Å². The Bertz CT molecular complexity index is 522. The summed E-state index contributed by atoms with van der Waals surface area (Å²) in [5, 5.41) is 0. The monoisotopic (exact) mass is 325 g/mol. The van der Waals surface area contributed by atoms with Crippen molar-refractivity contribution >= 4 is 17.7 Å². The van der Waals surface area contributed by atoms with Gasteiger partial charge in [0, 0.05) is 23.9 Å². The first-order valence-corrected chi connectivity index (χ1v) is 8.61. The number of ether oxygens (including phenoxy) is 2. The fourth-order valence-corrected chi connectivity index (χ4v) is 3.74. The highest BCUT2D eigenvalue weighted by molar-refractivity contribution is 8.00. The Hall–Kier alpha value is -1.11. The second-order valence-electron chi connectivity index (χ2n) is 5.57. The minimum Gasteiger partial charge on any atom is -0.350 e. The van der Waals surface area contributed by atoms with Gasteiger partial charge in [-0.3, -0.25) is 4.79 Å². The van der Waals surface area contributed by atoms with E-state index in [1.54, 1.807) is 18.2 Å². The number of amides is 1. The third-order valence-electron chi connectivity index (χ3n) is 4.03. The van der Waals surface area contributed by atoms with E-state index in [1.165, 1.54) is 17.8 Å². The van der Waals surface area contributed by atoms with Crippen LogP contribution in [0.3, 0.4) is 0 Å². The van der Waals surface area contributed by atoms with Crippen molar-refractivity contribution in [3.05, 3.63) is 30.1 Å². The molecular formula is C16H20FNO3S. The zero-order valence-corrected chi connectivity index (χ0v) is 13.2. The molecule has 1 amide bonds. The lowest BCUT2D eigenvalue weighted by Gasteiger charge is -2.34. The largest absolute Gasteiger partial charge is 0.350 e. The van der Waals surface area contributed by atoms with Crippen LogP contribution < -0.4 is 0 Å². The molecule has 3 rings (SSSR count). The van der Waals surface area contributed by atoms with Crippen LogP contribution in [0.25, 0.3) is 0 Å². The number of rotatable bonds is 4. The summed E-state index contributed by atoms with van der Waals surface area (Å²) in [5.74, 6) is 0.291. The van der Waals surface area contributed by atoms with Gasteiger partial charge in [0.2, 0.25) is 5.91 Å². The van der Waals surface area contributed by atoms with E-state index in [-0.39, 0.29) is 29.7 Å². The van der Waals surface area contributed by atoms with Gasteiger partial charge in [0.05, 0.1) is 19.0 Å². The molecule has 2 aliphatic rings. The molecule has 0 aromatic heterocycles. The first kappa shape index (κ1) is 15.8. The van der Waals surface area contributed by atoms with E-state index in [0.29, 0.717) is 24.7 Å². The molecule has 22 heavy (non-hydrogen) atoms. The molecule has 2 aliphatic heterocycles. The zero-order chi connectivity index (χ0) is 15.4. The van der Waals surface area contributed by atoms with Crippen LogP contribution in [0.4, 0.5) is 4.39 Å². The van der Waals surface area contributed by atoms with E-state index in [1.807, 2.05) is 4.90 Å². The van der Waals surface area contributed by atoms with Gasteiger partial charge >= 0.3 is 0 Å². The van der Waals surface area contributed by atoms with Crippen LogP contribution in [-0.2, 0) is 14.3 Å². The Morgan fingerprint density at radius 2 is 2.09 bits per heavy atom. The van der Waals surface area contributed by atoms with Crippen LogP contribution >= 0.6 is 11.8 Å². The number of hydrogen-bond acceptors (Lipinski definition) is 4. The predicted molar refractivity (Wildman–Crippen MR) is 82.1 cm³/mol. The smallest absolute Gasteiger partial charge is 0.232 e. The van der Waals surface area contributed by atoms with Gasteiger partial charge in [-0.25, -0.2) is 4.39 Å². The standard InChI is InChI=1S/C16H20FNO3S/c17-13-5-1-2-6-14(13)22-11-15(19)18-7-3-4-12(10-18)16-20-8-9-21-16/h1-2,5-6,12,16H,3-4,7-11H2. The van der Waals surface area contributed by atoms with Crippen LogP contribution in [0, 0.1) is 11.7 Å². The minimum atomic E-state index is -0.274. The van der Waals surface area contributed by atoms with Crippen molar-refractivity contribution in [3.8, 4) is 0 Å². The summed E-state index contributed by atoms with van der Waals surface area (Å²) in [7, 11) is 0. The molecule has 1 unspecified atom stereocenters. The van der Waals surface area contributed by atoms with Crippen LogP contribution in [0.5, 0.6) is 0 Å². The summed E-state index contributed by atoms with van der Waals surface area (Å²) >= 11 is 1.25. The molecule has 0 saturated carbocycles. The number of carbonyl (C=O) groups is 1. The molecule has 1 atom stereocenters. The third kappa shape index (κ3) is 3.80. The third-order valence-corrected chi connectivity index (χ3v) is 5.06. The Morgan fingerprint density at radius 3 is 2.86 bits per heavy atom. The summed E-state index contributed by atoms with van der Waals surface area (Å²) in [4.78, 5) is 14.7.